The molecule has 0 bridgehead atoms. The quantitative estimate of drug-likeness (QED) is 0.670. The zero-order chi connectivity index (χ0) is 11.8. The van der Waals surface area contributed by atoms with Gasteiger partial charge in [0.1, 0.15) is 0 Å². The topological polar surface area (TPSA) is 0 Å². The van der Waals surface area contributed by atoms with Gasteiger partial charge in [0.15, 0.2) is 0 Å². The van der Waals surface area contributed by atoms with E-state index in [1.165, 1.54) is 32.1 Å². The summed E-state index contributed by atoms with van der Waals surface area (Å²) in [5.41, 5.74) is 1.55. The molecule has 0 aliphatic heterocycles. The maximum atomic E-state index is 9.67. The van der Waals surface area contributed by atoms with Crippen molar-refractivity contribution in [2.75, 3.05) is 0 Å². The molecule has 0 aromatic heterocycles. The average Bonchev–Trinajstić information content (AvgIpc) is 2.31. The molecule has 0 radical (unpaired) electrons. The zero-order valence-electron chi connectivity index (χ0n) is 9.79. The van der Waals surface area contributed by atoms with Crippen LogP contribution in [-0.4, -0.2) is 6.68 Å². The van der Waals surface area contributed by atoms with E-state index in [1.54, 1.807) is 5.56 Å². The van der Waals surface area contributed by atoms with Crippen LogP contribution >= 0.6 is 0 Å². The van der Waals surface area contributed by atoms with Gasteiger partial charge in [0.2, 0.25) is 0 Å². The molecule has 4 heteroatoms. The van der Waals surface area contributed by atoms with E-state index in [9.17, 15) is 13.2 Å². The molecule has 0 nitrogen and oxygen atoms in total. The van der Waals surface area contributed by atoms with Crippen molar-refractivity contribution in [3.05, 3.63) is 35.9 Å². The summed E-state index contributed by atoms with van der Waals surface area (Å²) >= 11 is 0. The van der Waals surface area contributed by atoms with Crippen molar-refractivity contribution in [1.82, 2.24) is 0 Å². The molecule has 0 atom stereocenters. The molecule has 0 spiro atoms. The summed E-state index contributed by atoms with van der Waals surface area (Å²) in [6.45, 7) is -3.67. The van der Waals surface area contributed by atoms with Gasteiger partial charge in [0.05, 0.1) is 0 Å². The Morgan fingerprint density at radius 1 is 0.882 bits per heavy atom. The monoisotopic (exact) mass is 265 g/mol. The Balaban J connectivity index is 0.000000453. The van der Waals surface area contributed by atoms with Crippen molar-refractivity contribution in [3.63, 3.8) is 0 Å². The second-order valence-corrected chi connectivity index (χ2v) is 3.99. The summed E-state index contributed by atoms with van der Waals surface area (Å²) in [5, 5.41) is 0. The maximum Gasteiger partial charge on any atom is 0.379 e. The lowest BCUT2D eigenvalue weighted by Crippen LogP contribution is -2.03. The van der Waals surface area contributed by atoms with Crippen LogP contribution in [0.4, 0.5) is 13.2 Å². The molecule has 1 aliphatic rings. The lowest BCUT2D eigenvalue weighted by Gasteiger charge is -2.21. The van der Waals surface area contributed by atoms with Crippen LogP contribution in [-0.2, 0) is 13.5 Å². The molecular weight excluding hydrogens is 245 g/mol. The Hall–Kier alpha value is -0.640. The number of alkyl halides is 3. The summed E-state index contributed by atoms with van der Waals surface area (Å²) in [7, 11) is 0. The second kappa shape index (κ2) is 9.40. The third-order valence-electron chi connectivity index (χ3n) is 2.88. The first-order chi connectivity index (χ1) is 7.70. The Morgan fingerprint density at radius 3 is 1.82 bits per heavy atom. The molecule has 2 rings (SSSR count). The molecule has 1 aromatic carbocycles. The normalized spacial score (nSPS) is 15.8. The van der Waals surface area contributed by atoms with Crippen LogP contribution in [0, 0.1) is 0 Å². The van der Waals surface area contributed by atoms with Crippen molar-refractivity contribution in [2.24, 2.45) is 0 Å². The highest BCUT2D eigenvalue weighted by molar-refractivity contribution is 7.37. The summed E-state index contributed by atoms with van der Waals surface area (Å²) in [6.07, 6.45) is 7.12. The van der Waals surface area contributed by atoms with E-state index >= 15 is 0 Å². The second-order valence-electron chi connectivity index (χ2n) is 3.99. The van der Waals surface area contributed by atoms with Crippen molar-refractivity contribution >= 4 is 13.5 Å². The van der Waals surface area contributed by atoms with Gasteiger partial charge in [-0.15, -0.1) is 0 Å². The number of hydrogen-bond acceptors (Lipinski definition) is 0. The van der Waals surface area contributed by atoms with Crippen molar-refractivity contribution < 1.29 is 13.2 Å². The van der Waals surface area contributed by atoms with Crippen LogP contribution < -0.4 is 0 Å². The van der Waals surface area contributed by atoms with E-state index in [0.29, 0.717) is 0 Å². The van der Waals surface area contributed by atoms with E-state index < -0.39 is 6.68 Å². The highest BCUT2D eigenvalue weighted by Crippen LogP contribution is 2.31. The SMILES string of the molecule is FC(F)F.[SH3+].c1ccc(C2CCCCC2)cc1. The number of benzene rings is 1. The number of rotatable bonds is 1. The molecule has 0 heterocycles. The van der Waals surface area contributed by atoms with Gasteiger partial charge in [-0.25, -0.2) is 0 Å². The molecular formula is C13H20F3S+. The van der Waals surface area contributed by atoms with Crippen molar-refractivity contribution in [2.45, 2.75) is 44.7 Å². The molecule has 1 aliphatic carbocycles. The van der Waals surface area contributed by atoms with E-state index in [2.05, 4.69) is 30.3 Å². The number of halogens is 3. The van der Waals surface area contributed by atoms with Crippen LogP contribution in [0.3, 0.4) is 0 Å². The Labute approximate surface area is 108 Å². The van der Waals surface area contributed by atoms with Crippen LogP contribution in [0.25, 0.3) is 0 Å². The predicted molar refractivity (Wildman–Crippen MR) is 70.9 cm³/mol. The van der Waals surface area contributed by atoms with E-state index in [4.69, 9.17) is 0 Å². The van der Waals surface area contributed by atoms with Gasteiger partial charge < -0.3 is 0 Å². The first-order valence-electron chi connectivity index (χ1n) is 5.67. The minimum atomic E-state index is -3.67. The standard InChI is InChI=1S/C12H16.CHF3.H2S/c1-3-7-11(8-4-1)12-9-5-2-6-10-12;2-1(3)4;/h1,3-4,7-8,12H,2,5-6,9-10H2;1H;1H2/p+1. The van der Waals surface area contributed by atoms with Gasteiger partial charge in [-0.3, -0.25) is 0 Å². The smallest absolute Gasteiger partial charge is 0.174 e. The highest BCUT2D eigenvalue weighted by Gasteiger charge is 2.14. The average molecular weight is 265 g/mol. The van der Waals surface area contributed by atoms with E-state index in [-0.39, 0.29) is 13.5 Å². The molecule has 1 aromatic rings. The molecule has 17 heavy (non-hydrogen) atoms. The fourth-order valence-corrected chi connectivity index (χ4v) is 2.16. The Morgan fingerprint density at radius 2 is 1.35 bits per heavy atom. The molecule has 0 saturated heterocycles. The zero-order valence-corrected chi connectivity index (χ0v) is 10.9. The Kier molecular flexibility index (Phi) is 9.04. The number of hydrogen-bond donors (Lipinski definition) is 0. The first kappa shape index (κ1) is 16.4. The fraction of sp³-hybridized carbons (Fsp3) is 0.538. The lowest BCUT2D eigenvalue weighted by molar-refractivity contribution is 0.00819. The molecule has 0 unspecified atom stereocenters. The molecule has 1 saturated carbocycles. The summed E-state index contributed by atoms with van der Waals surface area (Å²) in [4.78, 5) is 0. The van der Waals surface area contributed by atoms with Crippen molar-refractivity contribution in [1.29, 1.82) is 0 Å². The van der Waals surface area contributed by atoms with Crippen molar-refractivity contribution in [3.8, 4) is 0 Å². The fourth-order valence-electron chi connectivity index (χ4n) is 2.16. The van der Waals surface area contributed by atoms with Crippen LogP contribution in [0.2, 0.25) is 0 Å². The summed E-state index contributed by atoms with van der Waals surface area (Å²) in [5.74, 6) is 0.861. The van der Waals surface area contributed by atoms with Gasteiger partial charge in [-0.1, -0.05) is 63.1 Å². The summed E-state index contributed by atoms with van der Waals surface area (Å²) < 4.78 is 29.0. The predicted octanol–water partition coefficient (Wildman–Crippen LogP) is 4.11. The minimum Gasteiger partial charge on any atom is -0.174 e. The maximum absolute atomic E-state index is 9.67. The molecule has 0 N–H and O–H groups in total. The van der Waals surface area contributed by atoms with Gasteiger partial charge in [0.25, 0.3) is 0 Å². The summed E-state index contributed by atoms with van der Waals surface area (Å²) in [6, 6.07) is 11.0. The van der Waals surface area contributed by atoms with Gasteiger partial charge in [0, 0.05) is 0 Å². The largest absolute Gasteiger partial charge is 0.379 e. The Bertz CT molecular complexity index is 268. The van der Waals surface area contributed by atoms with E-state index in [0.717, 1.165) is 5.92 Å². The van der Waals surface area contributed by atoms with Crippen LogP contribution in [0.15, 0.2) is 30.3 Å². The lowest BCUT2D eigenvalue weighted by atomic mass is 9.84. The highest BCUT2D eigenvalue weighted by atomic mass is 32.1. The van der Waals surface area contributed by atoms with Crippen LogP contribution in [0.1, 0.15) is 43.6 Å². The van der Waals surface area contributed by atoms with E-state index in [1.807, 2.05) is 0 Å². The van der Waals surface area contributed by atoms with Gasteiger partial charge in [-0.05, 0) is 24.3 Å². The third-order valence-corrected chi connectivity index (χ3v) is 2.88. The van der Waals surface area contributed by atoms with Gasteiger partial charge >= 0.3 is 6.68 Å². The van der Waals surface area contributed by atoms with Gasteiger partial charge in [-0.2, -0.15) is 13.2 Å². The first-order valence-corrected chi connectivity index (χ1v) is 5.67. The van der Waals surface area contributed by atoms with Crippen LogP contribution in [0.5, 0.6) is 0 Å². The molecule has 0 amide bonds. The molecule has 1 fully saturated rings. The minimum absolute atomic E-state index is 0. The third kappa shape index (κ3) is 7.31. The molecule has 98 valence electrons.